The second kappa shape index (κ2) is 6.71. The third-order valence-corrected chi connectivity index (χ3v) is 2.98. The molecule has 0 amide bonds. The second-order valence-electron chi connectivity index (χ2n) is 4.97. The maximum atomic E-state index is 3.53. The monoisotopic (exact) mass is 223 g/mol. The van der Waals surface area contributed by atoms with Gasteiger partial charge in [-0.1, -0.05) is 13.8 Å². The average Bonchev–Trinajstić information content (AvgIpc) is 2.77. The highest BCUT2D eigenvalue weighted by molar-refractivity contribution is 5.20. The normalized spacial score (nSPS) is 11.9. The lowest BCUT2D eigenvalue weighted by Crippen LogP contribution is -2.33. The van der Waals surface area contributed by atoms with Crippen molar-refractivity contribution in [3.8, 4) is 0 Å². The molecule has 0 unspecified atom stereocenters. The van der Waals surface area contributed by atoms with Gasteiger partial charge in [0, 0.05) is 24.4 Å². The Morgan fingerprint density at radius 1 is 1.25 bits per heavy atom. The molecule has 3 N–H and O–H groups in total. The van der Waals surface area contributed by atoms with Gasteiger partial charge in [0.1, 0.15) is 0 Å². The molecule has 3 heteroatoms. The van der Waals surface area contributed by atoms with E-state index in [-0.39, 0.29) is 5.41 Å². The number of rotatable bonds is 8. The van der Waals surface area contributed by atoms with E-state index in [0.717, 1.165) is 19.6 Å². The maximum Gasteiger partial charge on any atom is 0.00437 e. The first-order valence-electron chi connectivity index (χ1n) is 6.15. The first-order valence-corrected chi connectivity index (χ1v) is 6.15. The first kappa shape index (κ1) is 13.3. The van der Waals surface area contributed by atoms with Crippen molar-refractivity contribution in [1.29, 1.82) is 0 Å². The number of H-pyrrole nitrogens is 1. The van der Waals surface area contributed by atoms with E-state index in [4.69, 9.17) is 0 Å². The summed E-state index contributed by atoms with van der Waals surface area (Å²) < 4.78 is 0. The van der Waals surface area contributed by atoms with Gasteiger partial charge < -0.3 is 15.6 Å². The third-order valence-electron chi connectivity index (χ3n) is 2.98. The fourth-order valence-corrected chi connectivity index (χ4v) is 1.80. The van der Waals surface area contributed by atoms with Crippen molar-refractivity contribution in [1.82, 2.24) is 15.6 Å². The Hall–Kier alpha value is -0.800. The van der Waals surface area contributed by atoms with Crippen LogP contribution in [0.4, 0.5) is 0 Å². The molecule has 0 aliphatic carbocycles. The summed E-state index contributed by atoms with van der Waals surface area (Å²) in [5, 5.41) is 6.70. The van der Waals surface area contributed by atoms with Crippen LogP contribution in [0.15, 0.2) is 18.5 Å². The van der Waals surface area contributed by atoms with E-state index in [0.29, 0.717) is 0 Å². The SMILES string of the molecule is CNCCCCNCC(C)(C)c1cc[nH]c1. The molecule has 3 nitrogen and oxygen atoms in total. The lowest BCUT2D eigenvalue weighted by atomic mass is 9.86. The van der Waals surface area contributed by atoms with Crippen LogP contribution in [-0.4, -0.2) is 31.7 Å². The Kier molecular flexibility index (Phi) is 5.56. The second-order valence-corrected chi connectivity index (χ2v) is 4.97. The minimum atomic E-state index is 0.211. The predicted molar refractivity (Wildman–Crippen MR) is 69.8 cm³/mol. The smallest absolute Gasteiger partial charge is 0.00437 e. The molecule has 0 aromatic carbocycles. The van der Waals surface area contributed by atoms with E-state index >= 15 is 0 Å². The van der Waals surface area contributed by atoms with Gasteiger partial charge >= 0.3 is 0 Å². The molecule has 0 radical (unpaired) electrons. The van der Waals surface area contributed by atoms with E-state index in [9.17, 15) is 0 Å². The molecule has 0 atom stereocenters. The van der Waals surface area contributed by atoms with Crippen molar-refractivity contribution in [2.75, 3.05) is 26.7 Å². The maximum absolute atomic E-state index is 3.53. The molecule has 1 rings (SSSR count). The van der Waals surface area contributed by atoms with Gasteiger partial charge in [-0.3, -0.25) is 0 Å². The average molecular weight is 223 g/mol. The van der Waals surface area contributed by atoms with Crippen LogP contribution in [0.25, 0.3) is 0 Å². The van der Waals surface area contributed by atoms with Crippen LogP contribution in [0.5, 0.6) is 0 Å². The minimum absolute atomic E-state index is 0.211. The molecule has 0 bridgehead atoms. The van der Waals surface area contributed by atoms with Crippen molar-refractivity contribution >= 4 is 0 Å². The van der Waals surface area contributed by atoms with Crippen LogP contribution in [0, 0.1) is 0 Å². The Morgan fingerprint density at radius 2 is 2.00 bits per heavy atom. The van der Waals surface area contributed by atoms with Crippen molar-refractivity contribution < 1.29 is 0 Å². The van der Waals surface area contributed by atoms with Gasteiger partial charge in [-0.25, -0.2) is 0 Å². The van der Waals surface area contributed by atoms with Gasteiger partial charge in [-0.2, -0.15) is 0 Å². The lowest BCUT2D eigenvalue weighted by Gasteiger charge is -2.24. The topological polar surface area (TPSA) is 39.8 Å². The number of hydrogen-bond acceptors (Lipinski definition) is 2. The molecule has 0 spiro atoms. The number of nitrogens with one attached hydrogen (secondary N) is 3. The molecule has 1 aromatic heterocycles. The van der Waals surface area contributed by atoms with Crippen molar-refractivity contribution in [2.24, 2.45) is 0 Å². The molecule has 0 aliphatic heterocycles. The molecule has 16 heavy (non-hydrogen) atoms. The van der Waals surface area contributed by atoms with Crippen molar-refractivity contribution in [3.63, 3.8) is 0 Å². The predicted octanol–water partition coefficient (Wildman–Crippen LogP) is 1.88. The van der Waals surface area contributed by atoms with Crippen LogP contribution in [-0.2, 0) is 5.41 Å². The first-order chi connectivity index (χ1) is 7.67. The molecule has 0 fully saturated rings. The third kappa shape index (κ3) is 4.37. The zero-order chi connectivity index (χ0) is 11.9. The highest BCUT2D eigenvalue weighted by Crippen LogP contribution is 2.21. The zero-order valence-corrected chi connectivity index (χ0v) is 10.8. The van der Waals surface area contributed by atoms with Gasteiger partial charge in [0.2, 0.25) is 0 Å². The number of aromatic nitrogens is 1. The van der Waals surface area contributed by atoms with Gasteiger partial charge in [0.25, 0.3) is 0 Å². The number of aromatic amines is 1. The highest BCUT2D eigenvalue weighted by Gasteiger charge is 2.19. The van der Waals surface area contributed by atoms with Crippen LogP contribution in [0.3, 0.4) is 0 Å². The lowest BCUT2D eigenvalue weighted by molar-refractivity contribution is 0.463. The van der Waals surface area contributed by atoms with Gasteiger partial charge in [-0.15, -0.1) is 0 Å². The Balaban J connectivity index is 2.17. The van der Waals surface area contributed by atoms with E-state index in [1.54, 1.807) is 0 Å². The van der Waals surface area contributed by atoms with Gasteiger partial charge in [0.15, 0.2) is 0 Å². The standard InChI is InChI=1S/C13H25N3/c1-13(2,12-6-9-15-10-12)11-16-8-5-4-7-14-3/h6,9-10,14-16H,4-5,7-8,11H2,1-3H3. The molecule has 0 saturated carbocycles. The van der Waals surface area contributed by atoms with E-state index in [1.165, 1.54) is 18.4 Å². The Bertz CT molecular complexity index is 265. The molecule has 1 heterocycles. The van der Waals surface area contributed by atoms with Crippen molar-refractivity contribution in [2.45, 2.75) is 32.1 Å². The molecular formula is C13H25N3. The molecule has 92 valence electrons. The molecule has 1 aromatic rings. The number of unbranched alkanes of at least 4 members (excludes halogenated alkanes) is 1. The summed E-state index contributed by atoms with van der Waals surface area (Å²) in [7, 11) is 2.00. The summed E-state index contributed by atoms with van der Waals surface area (Å²) in [6.45, 7) is 7.80. The Morgan fingerprint density at radius 3 is 2.62 bits per heavy atom. The minimum Gasteiger partial charge on any atom is -0.367 e. The fraction of sp³-hybridized carbons (Fsp3) is 0.692. The summed E-state index contributed by atoms with van der Waals surface area (Å²) in [5.74, 6) is 0. The van der Waals surface area contributed by atoms with Gasteiger partial charge in [0.05, 0.1) is 0 Å². The molecule has 0 aliphatic rings. The van der Waals surface area contributed by atoms with E-state index in [1.807, 2.05) is 13.2 Å². The fourth-order valence-electron chi connectivity index (χ4n) is 1.80. The number of hydrogen-bond donors (Lipinski definition) is 3. The zero-order valence-electron chi connectivity index (χ0n) is 10.8. The summed E-state index contributed by atoms with van der Waals surface area (Å²) in [6.07, 6.45) is 6.56. The van der Waals surface area contributed by atoms with Crippen LogP contribution in [0.1, 0.15) is 32.3 Å². The summed E-state index contributed by atoms with van der Waals surface area (Å²) in [5.41, 5.74) is 1.58. The van der Waals surface area contributed by atoms with E-state index in [2.05, 4.69) is 41.7 Å². The van der Waals surface area contributed by atoms with Crippen LogP contribution >= 0.6 is 0 Å². The molecular weight excluding hydrogens is 198 g/mol. The molecule has 0 saturated heterocycles. The summed E-state index contributed by atoms with van der Waals surface area (Å²) in [6, 6.07) is 2.16. The van der Waals surface area contributed by atoms with Gasteiger partial charge in [-0.05, 0) is 44.6 Å². The summed E-state index contributed by atoms with van der Waals surface area (Å²) >= 11 is 0. The Labute approximate surface area is 99.0 Å². The van der Waals surface area contributed by atoms with Crippen LogP contribution < -0.4 is 10.6 Å². The largest absolute Gasteiger partial charge is 0.367 e. The van der Waals surface area contributed by atoms with Crippen LogP contribution in [0.2, 0.25) is 0 Å². The van der Waals surface area contributed by atoms with E-state index < -0.39 is 0 Å². The highest BCUT2D eigenvalue weighted by atomic mass is 14.9. The quantitative estimate of drug-likeness (QED) is 0.589. The van der Waals surface area contributed by atoms with Crippen molar-refractivity contribution in [3.05, 3.63) is 24.0 Å². The summed E-state index contributed by atoms with van der Waals surface area (Å²) in [4.78, 5) is 3.12.